The van der Waals surface area contributed by atoms with Crippen LogP contribution in [0.5, 0.6) is 5.75 Å². The maximum Gasteiger partial charge on any atom is 0.247 e. The first-order valence-electron chi connectivity index (χ1n) is 22.8. The van der Waals surface area contributed by atoms with Crippen LogP contribution in [0.4, 0.5) is 0 Å². The van der Waals surface area contributed by atoms with Gasteiger partial charge in [-0.15, -0.1) is 0 Å². The highest BCUT2D eigenvalue weighted by atomic mass is 16.3. The van der Waals surface area contributed by atoms with Gasteiger partial charge >= 0.3 is 0 Å². The van der Waals surface area contributed by atoms with Crippen LogP contribution in [0.25, 0.3) is 0 Å². The number of carbonyl (C=O) groups is 12. The number of benzene rings is 1. The molecule has 25 heteroatoms. The maximum atomic E-state index is 14.1. The number of hydrogen-bond acceptors (Lipinski definition) is 13. The van der Waals surface area contributed by atoms with Gasteiger partial charge in [-0.05, 0) is 48.8 Å². The summed E-state index contributed by atoms with van der Waals surface area (Å²) in [5.74, 6) is -11.8. The van der Waals surface area contributed by atoms with Crippen molar-refractivity contribution in [2.75, 3.05) is 26.7 Å². The van der Waals surface area contributed by atoms with Crippen molar-refractivity contribution < 1.29 is 62.6 Å². The van der Waals surface area contributed by atoms with Crippen LogP contribution < -0.4 is 59.7 Å². The Hall–Kier alpha value is -7.34. The number of aromatic hydroxyl groups is 1. The minimum absolute atomic E-state index is 0.0665. The van der Waals surface area contributed by atoms with Gasteiger partial charge in [-0.25, -0.2) is 0 Å². The number of nitrogens with two attached hydrogens (primary N) is 3. The Bertz CT molecular complexity index is 2060. The molecule has 69 heavy (non-hydrogen) atoms. The quantitative estimate of drug-likeness (QED) is 0.0703. The van der Waals surface area contributed by atoms with Crippen molar-refractivity contribution in [2.45, 2.75) is 127 Å². The molecule has 1 aromatic carbocycles. The van der Waals surface area contributed by atoms with Gasteiger partial charge in [0.1, 0.15) is 42.0 Å². The van der Waals surface area contributed by atoms with Crippen LogP contribution in [-0.4, -0.2) is 144 Å². The summed E-state index contributed by atoms with van der Waals surface area (Å²) in [4.78, 5) is 160. The van der Waals surface area contributed by atoms with E-state index in [0.717, 1.165) is 24.2 Å². The summed E-state index contributed by atoms with van der Waals surface area (Å²) in [6.07, 6.45) is 1.13. The average Bonchev–Trinajstić information content (AvgIpc) is 3.30. The van der Waals surface area contributed by atoms with Crippen LogP contribution in [-0.2, 0) is 64.0 Å². The normalized spacial score (nSPS) is 22.3. The van der Waals surface area contributed by atoms with Crippen molar-refractivity contribution in [1.82, 2.24) is 47.4 Å². The van der Waals surface area contributed by atoms with E-state index < -0.39 is 165 Å². The fourth-order valence-electron chi connectivity index (χ4n) is 7.73. The number of carbonyl (C=O) groups excluding carboxylic acids is 12. The molecule has 1 heterocycles. The number of nitrogens with zero attached hydrogens (tertiary/aromatic N) is 1. The third kappa shape index (κ3) is 19.1. The van der Waals surface area contributed by atoms with Gasteiger partial charge in [0.05, 0.1) is 19.5 Å². The molecular formula is C44H66N12O13. The van der Waals surface area contributed by atoms with Gasteiger partial charge in [0.25, 0.3) is 0 Å². The van der Waals surface area contributed by atoms with E-state index in [4.69, 9.17) is 17.2 Å². The predicted octanol–water partition coefficient (Wildman–Crippen LogP) is -4.42. The molecule has 3 rings (SSSR count). The molecule has 1 saturated heterocycles. The van der Waals surface area contributed by atoms with E-state index in [0.29, 0.717) is 24.8 Å². The van der Waals surface area contributed by atoms with E-state index in [1.54, 1.807) is 13.8 Å². The monoisotopic (exact) mass is 970 g/mol. The van der Waals surface area contributed by atoms with Gasteiger partial charge in [-0.1, -0.05) is 51.7 Å². The molecule has 1 saturated carbocycles. The number of nitrogens with one attached hydrogen (secondary N) is 8. The largest absolute Gasteiger partial charge is 0.508 e. The third-order valence-electron chi connectivity index (χ3n) is 11.8. The molecule has 1 aromatic rings. The van der Waals surface area contributed by atoms with Crippen LogP contribution in [0.1, 0.15) is 90.0 Å². The van der Waals surface area contributed by atoms with Crippen molar-refractivity contribution in [3.63, 3.8) is 0 Å². The number of hydrogen-bond donors (Lipinski definition) is 12. The number of phenolic OH excluding ortho intramolecular Hbond substituents is 1. The average molecular weight is 971 g/mol. The third-order valence-corrected chi connectivity index (χ3v) is 11.8. The summed E-state index contributed by atoms with van der Waals surface area (Å²) in [5, 5.41) is 29.7. The molecule has 12 amide bonds. The molecule has 2 fully saturated rings. The summed E-state index contributed by atoms with van der Waals surface area (Å²) in [7, 11) is 1.19. The maximum absolute atomic E-state index is 14.1. The zero-order valence-corrected chi connectivity index (χ0v) is 39.1. The number of amides is 12. The summed E-state index contributed by atoms with van der Waals surface area (Å²) in [5.41, 5.74) is 16.5. The van der Waals surface area contributed by atoms with Crippen molar-refractivity contribution in [3.05, 3.63) is 29.8 Å². The molecule has 2 aliphatic rings. The molecule has 380 valence electrons. The second-order valence-corrected chi connectivity index (χ2v) is 17.3. The zero-order chi connectivity index (χ0) is 51.4. The Balaban J connectivity index is 2.00. The highest BCUT2D eigenvalue weighted by Crippen LogP contribution is 2.27. The molecule has 25 nitrogen and oxygen atoms in total. The molecule has 0 aromatic heterocycles. The number of primary amides is 3. The lowest BCUT2D eigenvalue weighted by Gasteiger charge is -2.31. The minimum Gasteiger partial charge on any atom is -0.508 e. The smallest absolute Gasteiger partial charge is 0.247 e. The highest BCUT2D eigenvalue weighted by Gasteiger charge is 2.37. The summed E-state index contributed by atoms with van der Waals surface area (Å²) in [6.45, 7) is 1.51. The SMILES string of the molecule is CC[C@H](C)[C@@H]1NC(=O)[C@H](Cc2ccc(O)cc2)NC(=O)CCC(=O)NC[C@@H](C(=O)N(C)CC(=O)N[C@H](C(=O)NCC(N)=O)C2CCCCC2)NC(=O)[C@H](CC(N)=O)NC(=O)[C@H](CCC(N)=O)NC1=O. The van der Waals surface area contributed by atoms with E-state index in [1.807, 2.05) is 0 Å². The Kier molecular flexibility index (Phi) is 22.3. The number of phenols is 1. The van der Waals surface area contributed by atoms with Crippen LogP contribution in [0.3, 0.4) is 0 Å². The van der Waals surface area contributed by atoms with Crippen molar-refractivity contribution in [3.8, 4) is 5.75 Å². The zero-order valence-electron chi connectivity index (χ0n) is 39.1. The molecule has 1 aliphatic carbocycles. The minimum atomic E-state index is -1.84. The Morgan fingerprint density at radius 2 is 1.36 bits per heavy atom. The van der Waals surface area contributed by atoms with Crippen molar-refractivity contribution in [2.24, 2.45) is 29.0 Å². The van der Waals surface area contributed by atoms with E-state index >= 15 is 0 Å². The van der Waals surface area contributed by atoms with E-state index in [9.17, 15) is 62.6 Å². The van der Waals surface area contributed by atoms with Gasteiger partial charge in [0.2, 0.25) is 70.9 Å². The lowest BCUT2D eigenvalue weighted by molar-refractivity contribution is -0.140. The standard InChI is InChI=1S/C44H66N12O13/c1-4-23(2)37-43(68)51-27(14-15-31(45)58)39(64)52-29(19-32(46)59)40(65)53-30(20-48-34(61)16-17-35(62)50-28(41(66)55-37)18-24-10-12-26(57)13-11-24)44(69)56(3)22-36(63)54-38(25-8-6-5-7-9-25)42(67)49-21-33(47)60/h10-13,23,25,27-30,37-38,57H,4-9,14-22H2,1-3H3,(H2,45,58)(H2,46,59)(H2,47,60)(H,48,61)(H,49,67)(H,50,62)(H,51,68)(H,52,64)(H,53,65)(H,54,63)(H,55,66)/t23-,27-,28-,29-,30-,37-,38-/m0/s1. The summed E-state index contributed by atoms with van der Waals surface area (Å²) >= 11 is 0. The lowest BCUT2D eigenvalue weighted by atomic mass is 9.83. The molecule has 7 atom stereocenters. The van der Waals surface area contributed by atoms with E-state index in [1.165, 1.54) is 31.3 Å². The van der Waals surface area contributed by atoms with Crippen LogP contribution >= 0.6 is 0 Å². The molecule has 0 spiro atoms. The van der Waals surface area contributed by atoms with Gasteiger partial charge in [-0.2, -0.15) is 0 Å². The lowest BCUT2D eigenvalue weighted by Crippen LogP contribution is -2.61. The highest BCUT2D eigenvalue weighted by molar-refractivity contribution is 5.99. The van der Waals surface area contributed by atoms with Gasteiger partial charge in [0, 0.05) is 39.3 Å². The first kappa shape index (κ1) is 56.0. The Morgan fingerprint density at radius 1 is 0.754 bits per heavy atom. The second-order valence-electron chi connectivity index (χ2n) is 17.3. The number of likely N-dealkylation sites (N-methyl/N-ethyl adjacent to an activating group) is 1. The fourth-order valence-corrected chi connectivity index (χ4v) is 7.73. The fraction of sp³-hybridized carbons (Fsp3) is 0.591. The topological polar surface area (TPSA) is 403 Å². The van der Waals surface area contributed by atoms with Crippen molar-refractivity contribution >= 4 is 70.9 Å². The van der Waals surface area contributed by atoms with Crippen LogP contribution in [0.2, 0.25) is 0 Å². The summed E-state index contributed by atoms with van der Waals surface area (Å²) in [6, 6.07) is -3.22. The van der Waals surface area contributed by atoms with E-state index in [2.05, 4.69) is 42.5 Å². The van der Waals surface area contributed by atoms with Crippen LogP contribution in [0, 0.1) is 11.8 Å². The first-order chi connectivity index (χ1) is 32.6. The first-order valence-corrected chi connectivity index (χ1v) is 22.8. The molecule has 1 aliphatic heterocycles. The number of rotatable bonds is 17. The molecule has 0 unspecified atom stereocenters. The van der Waals surface area contributed by atoms with Gasteiger partial charge in [0.15, 0.2) is 0 Å². The molecule has 0 radical (unpaired) electrons. The van der Waals surface area contributed by atoms with Crippen molar-refractivity contribution in [1.29, 1.82) is 0 Å². The molecular weight excluding hydrogens is 905 g/mol. The molecule has 15 N–H and O–H groups in total. The second kappa shape index (κ2) is 27.5. The Morgan fingerprint density at radius 3 is 1.97 bits per heavy atom. The molecule has 0 bridgehead atoms. The summed E-state index contributed by atoms with van der Waals surface area (Å²) < 4.78 is 0. The van der Waals surface area contributed by atoms with Crippen LogP contribution in [0.15, 0.2) is 24.3 Å². The van der Waals surface area contributed by atoms with Gasteiger partial charge < -0.3 is 69.7 Å². The Labute approximate surface area is 398 Å². The predicted molar refractivity (Wildman–Crippen MR) is 244 cm³/mol. The van der Waals surface area contributed by atoms with E-state index in [-0.39, 0.29) is 18.1 Å². The van der Waals surface area contributed by atoms with Gasteiger partial charge in [-0.3, -0.25) is 57.5 Å².